The molecule has 2 amide bonds. The van der Waals surface area contributed by atoms with Gasteiger partial charge in [-0.2, -0.15) is 0 Å². The van der Waals surface area contributed by atoms with Crippen LogP contribution in [0.3, 0.4) is 0 Å². The molecule has 2 heterocycles. The first-order chi connectivity index (χ1) is 12.5. The first kappa shape index (κ1) is 19.8. The Balaban J connectivity index is 2.06. The van der Waals surface area contributed by atoms with Gasteiger partial charge in [0.1, 0.15) is 0 Å². The zero-order valence-electron chi connectivity index (χ0n) is 15.9. The maximum absolute atomic E-state index is 10.8. The highest BCUT2D eigenvalue weighted by Gasteiger charge is 2.18. The molecule has 0 aliphatic heterocycles. The summed E-state index contributed by atoms with van der Waals surface area (Å²) in [5, 5.41) is 2.64. The molecule has 3 N–H and O–H groups in total. The van der Waals surface area contributed by atoms with Gasteiger partial charge in [0.15, 0.2) is 0 Å². The molecule has 6 nitrogen and oxygen atoms in total. The molecule has 0 aliphatic carbocycles. The maximum atomic E-state index is 10.8. The third kappa shape index (κ3) is 6.11. The van der Waals surface area contributed by atoms with E-state index in [-0.39, 0.29) is 6.04 Å². The van der Waals surface area contributed by atoms with Crippen LogP contribution in [0.2, 0.25) is 0 Å². The van der Waals surface area contributed by atoms with Gasteiger partial charge in [0.25, 0.3) is 0 Å². The topological polar surface area (TPSA) is 84.1 Å². The first-order valence-corrected chi connectivity index (χ1v) is 9.07. The number of hydrogen-bond donors (Lipinski definition) is 2. The number of unbranched alkanes of at least 4 members (excludes halogenated alkanes) is 1. The molecule has 140 valence electrons. The number of aryl methyl sites for hydroxylation is 2. The molecule has 0 bridgehead atoms. The van der Waals surface area contributed by atoms with Crippen LogP contribution in [0, 0.1) is 13.8 Å². The number of amides is 2. The number of carbonyl (C=O) groups excluding carboxylic acids is 1. The predicted molar refractivity (Wildman–Crippen MR) is 104 cm³/mol. The van der Waals surface area contributed by atoms with E-state index in [1.54, 1.807) is 0 Å². The molecular formula is C20H29N5O. The Hall–Kier alpha value is -2.47. The third-order valence-electron chi connectivity index (χ3n) is 4.51. The molecule has 0 saturated heterocycles. The van der Waals surface area contributed by atoms with Crippen molar-refractivity contribution in [1.29, 1.82) is 0 Å². The van der Waals surface area contributed by atoms with Gasteiger partial charge in [-0.15, -0.1) is 0 Å². The van der Waals surface area contributed by atoms with E-state index in [9.17, 15) is 4.79 Å². The van der Waals surface area contributed by atoms with E-state index < -0.39 is 6.03 Å². The highest BCUT2D eigenvalue weighted by atomic mass is 16.2. The Morgan fingerprint density at radius 3 is 2.73 bits per heavy atom. The van der Waals surface area contributed by atoms with Crippen LogP contribution in [0.1, 0.15) is 48.3 Å². The van der Waals surface area contributed by atoms with E-state index in [2.05, 4.69) is 53.1 Å². The number of urea groups is 1. The van der Waals surface area contributed by atoms with Crippen molar-refractivity contribution in [2.24, 2.45) is 5.73 Å². The van der Waals surface area contributed by atoms with Crippen molar-refractivity contribution in [2.75, 3.05) is 13.1 Å². The molecule has 2 aromatic rings. The second-order valence-corrected chi connectivity index (χ2v) is 6.68. The van der Waals surface area contributed by atoms with Crippen molar-refractivity contribution >= 4 is 6.03 Å². The molecule has 0 spiro atoms. The summed E-state index contributed by atoms with van der Waals surface area (Å²) in [6.07, 6.45) is 5.59. The van der Waals surface area contributed by atoms with E-state index in [1.807, 2.05) is 24.5 Å². The Morgan fingerprint density at radius 2 is 2.08 bits per heavy atom. The van der Waals surface area contributed by atoms with Crippen LogP contribution in [-0.2, 0) is 6.54 Å². The van der Waals surface area contributed by atoms with Gasteiger partial charge in [0, 0.05) is 31.5 Å². The summed E-state index contributed by atoms with van der Waals surface area (Å²) < 4.78 is 0. The number of pyridine rings is 2. The Morgan fingerprint density at radius 1 is 1.27 bits per heavy atom. The summed E-state index contributed by atoms with van der Waals surface area (Å²) in [5.74, 6) is 0. The van der Waals surface area contributed by atoms with Crippen molar-refractivity contribution in [1.82, 2.24) is 20.2 Å². The molecule has 0 fully saturated rings. The van der Waals surface area contributed by atoms with Gasteiger partial charge in [-0.1, -0.05) is 12.1 Å². The van der Waals surface area contributed by atoms with Crippen molar-refractivity contribution in [2.45, 2.75) is 46.2 Å². The van der Waals surface area contributed by atoms with Crippen LogP contribution in [-0.4, -0.2) is 34.0 Å². The minimum Gasteiger partial charge on any atom is -0.352 e. The normalized spacial score (nSPS) is 12.2. The minimum absolute atomic E-state index is 0.183. The molecule has 6 heteroatoms. The van der Waals surface area contributed by atoms with E-state index >= 15 is 0 Å². The summed E-state index contributed by atoms with van der Waals surface area (Å²) in [6, 6.07) is 7.89. The van der Waals surface area contributed by atoms with E-state index in [0.29, 0.717) is 6.54 Å². The molecule has 1 unspecified atom stereocenters. The number of rotatable bonds is 9. The fraction of sp³-hybridized carbons (Fsp3) is 0.450. The van der Waals surface area contributed by atoms with Gasteiger partial charge >= 0.3 is 6.03 Å². The van der Waals surface area contributed by atoms with Gasteiger partial charge in [-0.05, 0) is 63.4 Å². The van der Waals surface area contributed by atoms with Crippen LogP contribution in [0.5, 0.6) is 0 Å². The van der Waals surface area contributed by atoms with Gasteiger partial charge < -0.3 is 11.1 Å². The maximum Gasteiger partial charge on any atom is 0.312 e. The smallest absolute Gasteiger partial charge is 0.312 e. The summed E-state index contributed by atoms with van der Waals surface area (Å²) in [7, 11) is 0. The molecule has 0 aromatic carbocycles. The van der Waals surface area contributed by atoms with Gasteiger partial charge in [-0.25, -0.2) is 4.79 Å². The zero-order valence-corrected chi connectivity index (χ0v) is 15.9. The summed E-state index contributed by atoms with van der Waals surface area (Å²) in [4.78, 5) is 22.3. The number of nitrogens with two attached hydrogens (primary N) is 1. The Labute approximate surface area is 155 Å². The van der Waals surface area contributed by atoms with Crippen molar-refractivity contribution in [3.05, 3.63) is 59.2 Å². The van der Waals surface area contributed by atoms with Crippen LogP contribution in [0.4, 0.5) is 4.79 Å². The Bertz CT molecular complexity index is 705. The lowest BCUT2D eigenvalue weighted by atomic mass is 10.1. The number of hydrogen-bond acceptors (Lipinski definition) is 4. The van der Waals surface area contributed by atoms with Crippen LogP contribution in [0.15, 0.2) is 36.7 Å². The van der Waals surface area contributed by atoms with E-state index in [1.165, 1.54) is 11.1 Å². The number of nitrogens with zero attached hydrogens (tertiary/aromatic N) is 3. The van der Waals surface area contributed by atoms with Gasteiger partial charge in [-0.3, -0.25) is 14.9 Å². The first-order valence-electron chi connectivity index (χ1n) is 9.07. The fourth-order valence-corrected chi connectivity index (χ4v) is 2.97. The molecule has 0 aliphatic rings. The monoisotopic (exact) mass is 355 g/mol. The van der Waals surface area contributed by atoms with Crippen molar-refractivity contribution in [3.63, 3.8) is 0 Å². The lowest BCUT2D eigenvalue weighted by Crippen LogP contribution is -2.32. The third-order valence-corrected chi connectivity index (χ3v) is 4.51. The second kappa shape index (κ2) is 9.87. The molecule has 1 atom stereocenters. The SMILES string of the molecule is Cc1cnc(CN(CCCCNC(N)=O)C(C)c2ccccn2)c(C)c1. The quantitative estimate of drug-likeness (QED) is 0.677. The molecule has 26 heavy (non-hydrogen) atoms. The fourth-order valence-electron chi connectivity index (χ4n) is 2.97. The summed E-state index contributed by atoms with van der Waals surface area (Å²) in [5.41, 5.74) is 9.63. The average Bonchev–Trinajstić information content (AvgIpc) is 2.62. The molecule has 0 radical (unpaired) electrons. The average molecular weight is 355 g/mol. The minimum atomic E-state index is -0.469. The second-order valence-electron chi connectivity index (χ2n) is 6.68. The van der Waals surface area contributed by atoms with Gasteiger partial charge in [0.05, 0.1) is 11.4 Å². The number of nitrogens with one attached hydrogen (secondary N) is 1. The zero-order chi connectivity index (χ0) is 18.9. The van der Waals surface area contributed by atoms with E-state index in [0.717, 1.165) is 37.3 Å². The lowest BCUT2D eigenvalue weighted by molar-refractivity contribution is 0.191. The molecule has 2 rings (SSSR count). The summed E-state index contributed by atoms with van der Waals surface area (Å²) in [6.45, 7) is 8.61. The molecule has 2 aromatic heterocycles. The Kier molecular flexibility index (Phi) is 7.53. The van der Waals surface area contributed by atoms with Crippen LogP contribution in [0.25, 0.3) is 0 Å². The lowest BCUT2D eigenvalue weighted by Gasteiger charge is -2.29. The number of carbonyl (C=O) groups is 1. The molecular weight excluding hydrogens is 326 g/mol. The van der Waals surface area contributed by atoms with Gasteiger partial charge in [0.2, 0.25) is 0 Å². The van der Waals surface area contributed by atoms with Crippen molar-refractivity contribution in [3.8, 4) is 0 Å². The van der Waals surface area contributed by atoms with E-state index in [4.69, 9.17) is 5.73 Å². The summed E-state index contributed by atoms with van der Waals surface area (Å²) >= 11 is 0. The number of primary amides is 1. The van der Waals surface area contributed by atoms with Crippen LogP contribution >= 0.6 is 0 Å². The van der Waals surface area contributed by atoms with Crippen molar-refractivity contribution < 1.29 is 4.79 Å². The number of aromatic nitrogens is 2. The van der Waals surface area contributed by atoms with Crippen LogP contribution < -0.4 is 11.1 Å². The highest BCUT2D eigenvalue weighted by Crippen LogP contribution is 2.22. The standard InChI is InChI=1S/C20H29N5O/c1-15-12-16(2)19(24-13-15)14-25(11-7-6-10-23-20(21)26)17(3)18-8-4-5-9-22-18/h4-5,8-9,12-13,17H,6-7,10-11,14H2,1-3H3,(H3,21,23,26). The highest BCUT2D eigenvalue weighted by molar-refractivity contribution is 5.71. The molecule has 0 saturated carbocycles. The largest absolute Gasteiger partial charge is 0.352 e. The predicted octanol–water partition coefficient (Wildman–Crippen LogP) is 3.11.